The lowest BCUT2D eigenvalue weighted by atomic mass is 10.2. The topological polar surface area (TPSA) is 18.5 Å². The predicted octanol–water partition coefficient (Wildman–Crippen LogP) is 3.64. The monoisotopic (exact) mass is 272 g/mol. The van der Waals surface area contributed by atoms with Gasteiger partial charge in [0, 0.05) is 0 Å². The molecule has 0 aromatic heterocycles. The summed E-state index contributed by atoms with van der Waals surface area (Å²) in [6.45, 7) is 7.27. The van der Waals surface area contributed by atoms with Crippen molar-refractivity contribution in [1.29, 1.82) is 0 Å². The van der Waals surface area contributed by atoms with E-state index in [2.05, 4.69) is 15.9 Å². The smallest absolute Gasteiger partial charge is 0.133 e. The zero-order valence-electron chi connectivity index (χ0n) is 9.42. The molecule has 3 heteroatoms. The molecule has 2 nitrogen and oxygen atoms in total. The molecule has 0 N–H and O–H groups in total. The van der Waals surface area contributed by atoms with Crippen LogP contribution in [-0.2, 0) is 4.74 Å². The van der Waals surface area contributed by atoms with E-state index in [1.807, 2.05) is 45.0 Å². The molecule has 0 heterocycles. The normalized spacial score (nSPS) is 11.5. The number of ether oxygens (including phenoxy) is 2. The third-order valence-electron chi connectivity index (χ3n) is 1.71. The molecule has 0 bridgehead atoms. The zero-order valence-corrected chi connectivity index (χ0v) is 11.0. The van der Waals surface area contributed by atoms with Crippen LogP contribution in [-0.4, -0.2) is 18.8 Å². The molecule has 1 aromatic rings. The molecule has 0 fully saturated rings. The van der Waals surface area contributed by atoms with Crippen molar-refractivity contribution in [2.24, 2.45) is 0 Å². The minimum absolute atomic E-state index is 0.0999. The van der Waals surface area contributed by atoms with Gasteiger partial charge in [-0.25, -0.2) is 0 Å². The molecule has 0 spiro atoms. The zero-order chi connectivity index (χ0) is 11.3. The summed E-state index contributed by atoms with van der Waals surface area (Å²) in [6.07, 6.45) is 0. The summed E-state index contributed by atoms with van der Waals surface area (Å²) in [5.74, 6) is 0.856. The first kappa shape index (κ1) is 12.5. The molecule has 1 aromatic carbocycles. The first-order valence-electron chi connectivity index (χ1n) is 5.00. The highest BCUT2D eigenvalue weighted by atomic mass is 79.9. The van der Waals surface area contributed by atoms with Crippen LogP contribution >= 0.6 is 15.9 Å². The summed E-state index contributed by atoms with van der Waals surface area (Å²) in [6, 6.07) is 7.80. The molecule has 0 aliphatic heterocycles. The second-order valence-electron chi connectivity index (χ2n) is 4.24. The van der Waals surface area contributed by atoms with Gasteiger partial charge in [0.15, 0.2) is 0 Å². The van der Waals surface area contributed by atoms with Gasteiger partial charge >= 0.3 is 0 Å². The highest BCUT2D eigenvalue weighted by Gasteiger charge is 2.09. The van der Waals surface area contributed by atoms with Crippen LogP contribution in [0.3, 0.4) is 0 Å². The van der Waals surface area contributed by atoms with Gasteiger partial charge in [0.05, 0.1) is 16.7 Å². The second kappa shape index (κ2) is 5.52. The van der Waals surface area contributed by atoms with Crippen molar-refractivity contribution >= 4 is 15.9 Å². The van der Waals surface area contributed by atoms with Crippen LogP contribution in [0, 0.1) is 0 Å². The summed E-state index contributed by atoms with van der Waals surface area (Å²) >= 11 is 3.42. The summed E-state index contributed by atoms with van der Waals surface area (Å²) in [5.41, 5.74) is -0.0999. The number of hydrogen-bond donors (Lipinski definition) is 0. The van der Waals surface area contributed by atoms with Gasteiger partial charge in [0.1, 0.15) is 12.4 Å². The van der Waals surface area contributed by atoms with Gasteiger partial charge in [0.2, 0.25) is 0 Å². The maximum atomic E-state index is 5.56. The minimum atomic E-state index is -0.0999. The van der Waals surface area contributed by atoms with Crippen LogP contribution in [0.2, 0.25) is 0 Å². The van der Waals surface area contributed by atoms with Crippen LogP contribution in [0.15, 0.2) is 28.7 Å². The Bertz CT molecular complexity index is 305. The maximum Gasteiger partial charge on any atom is 0.133 e. The summed E-state index contributed by atoms with van der Waals surface area (Å²) in [7, 11) is 0. The first-order valence-corrected chi connectivity index (χ1v) is 5.79. The molecule has 15 heavy (non-hydrogen) atoms. The molecule has 0 unspecified atom stereocenters. The average Bonchev–Trinajstić information content (AvgIpc) is 2.13. The van der Waals surface area contributed by atoms with Gasteiger partial charge in [-0.05, 0) is 48.8 Å². The van der Waals surface area contributed by atoms with Gasteiger partial charge in [-0.2, -0.15) is 0 Å². The molecular weight excluding hydrogens is 256 g/mol. The van der Waals surface area contributed by atoms with E-state index in [4.69, 9.17) is 9.47 Å². The fourth-order valence-electron chi connectivity index (χ4n) is 1.06. The molecule has 0 amide bonds. The van der Waals surface area contributed by atoms with Crippen LogP contribution in [0.1, 0.15) is 20.8 Å². The maximum absolute atomic E-state index is 5.56. The predicted molar refractivity (Wildman–Crippen MR) is 65.3 cm³/mol. The van der Waals surface area contributed by atoms with E-state index in [1.165, 1.54) is 0 Å². The number of rotatable bonds is 4. The Balaban J connectivity index is 2.30. The van der Waals surface area contributed by atoms with E-state index in [0.717, 1.165) is 10.2 Å². The standard InChI is InChI=1S/C12H17BrO2/c1-12(2,3)15-9-8-14-11-7-5-4-6-10(11)13/h4-7H,8-9H2,1-3H3. The molecule has 0 aliphatic carbocycles. The Labute approximate surface area is 99.7 Å². The fraction of sp³-hybridized carbons (Fsp3) is 0.500. The van der Waals surface area contributed by atoms with Crippen molar-refractivity contribution in [1.82, 2.24) is 0 Å². The van der Waals surface area contributed by atoms with E-state index in [0.29, 0.717) is 13.2 Å². The second-order valence-corrected chi connectivity index (χ2v) is 5.09. The lowest BCUT2D eigenvalue weighted by molar-refractivity contribution is -0.0163. The van der Waals surface area contributed by atoms with Crippen molar-refractivity contribution in [2.45, 2.75) is 26.4 Å². The Kier molecular flexibility index (Phi) is 4.61. The third kappa shape index (κ3) is 5.19. The minimum Gasteiger partial charge on any atom is -0.490 e. The van der Waals surface area contributed by atoms with Crippen LogP contribution in [0.5, 0.6) is 5.75 Å². The lowest BCUT2D eigenvalue weighted by Crippen LogP contribution is -2.22. The molecular formula is C12H17BrO2. The molecule has 1 rings (SSSR count). The van der Waals surface area contributed by atoms with Crippen LogP contribution in [0.4, 0.5) is 0 Å². The van der Waals surface area contributed by atoms with Crippen LogP contribution in [0.25, 0.3) is 0 Å². The molecule has 0 atom stereocenters. The van der Waals surface area contributed by atoms with Crippen molar-refractivity contribution in [2.75, 3.05) is 13.2 Å². The SMILES string of the molecule is CC(C)(C)OCCOc1ccccc1Br. The van der Waals surface area contributed by atoms with Gasteiger partial charge in [-0.15, -0.1) is 0 Å². The van der Waals surface area contributed by atoms with E-state index in [1.54, 1.807) is 0 Å². The summed E-state index contributed by atoms with van der Waals surface area (Å²) in [4.78, 5) is 0. The first-order chi connectivity index (χ1) is 6.99. The van der Waals surface area contributed by atoms with Gasteiger partial charge in [0.25, 0.3) is 0 Å². The molecule has 0 saturated heterocycles. The average molecular weight is 273 g/mol. The van der Waals surface area contributed by atoms with Crippen molar-refractivity contribution in [3.05, 3.63) is 28.7 Å². The number of benzene rings is 1. The summed E-state index contributed by atoms with van der Waals surface area (Å²) in [5, 5.41) is 0. The highest BCUT2D eigenvalue weighted by molar-refractivity contribution is 9.10. The van der Waals surface area contributed by atoms with E-state index < -0.39 is 0 Å². The highest BCUT2D eigenvalue weighted by Crippen LogP contribution is 2.23. The van der Waals surface area contributed by atoms with E-state index in [9.17, 15) is 0 Å². The van der Waals surface area contributed by atoms with Crippen molar-refractivity contribution < 1.29 is 9.47 Å². The van der Waals surface area contributed by atoms with E-state index in [-0.39, 0.29) is 5.60 Å². The number of halogens is 1. The Hall–Kier alpha value is -0.540. The third-order valence-corrected chi connectivity index (χ3v) is 2.37. The van der Waals surface area contributed by atoms with Gasteiger partial charge in [-0.3, -0.25) is 0 Å². The summed E-state index contributed by atoms with van der Waals surface area (Å²) < 4.78 is 12.1. The van der Waals surface area contributed by atoms with Gasteiger partial charge < -0.3 is 9.47 Å². The largest absolute Gasteiger partial charge is 0.490 e. The molecule has 84 valence electrons. The van der Waals surface area contributed by atoms with Gasteiger partial charge in [-0.1, -0.05) is 12.1 Å². The number of hydrogen-bond acceptors (Lipinski definition) is 2. The lowest BCUT2D eigenvalue weighted by Gasteiger charge is -2.19. The fourth-order valence-corrected chi connectivity index (χ4v) is 1.46. The van der Waals surface area contributed by atoms with Crippen molar-refractivity contribution in [3.63, 3.8) is 0 Å². The number of para-hydroxylation sites is 1. The molecule has 0 saturated carbocycles. The Morgan fingerprint density at radius 3 is 2.40 bits per heavy atom. The molecule has 0 aliphatic rings. The van der Waals surface area contributed by atoms with Crippen LogP contribution < -0.4 is 4.74 Å². The van der Waals surface area contributed by atoms with Crippen molar-refractivity contribution in [3.8, 4) is 5.75 Å². The quantitative estimate of drug-likeness (QED) is 0.780. The van der Waals surface area contributed by atoms with E-state index >= 15 is 0 Å². The Morgan fingerprint density at radius 1 is 1.13 bits per heavy atom. The Morgan fingerprint density at radius 2 is 1.80 bits per heavy atom. The molecule has 0 radical (unpaired) electrons.